The second-order valence-corrected chi connectivity index (χ2v) is 15.4. The minimum Gasteiger partial charge on any atom is -0.508 e. The Balaban J connectivity index is 1.28. The van der Waals surface area contributed by atoms with Crippen molar-refractivity contribution >= 4 is 63.0 Å². The molecule has 6 atom stereocenters. The normalized spacial score (nSPS) is 26.7. The molecule has 3 fully saturated rings. The monoisotopic (exact) mass is 731 g/mol. The highest BCUT2D eigenvalue weighted by Crippen LogP contribution is 2.65. The molecule has 0 spiro atoms. The van der Waals surface area contributed by atoms with Gasteiger partial charge in [0.05, 0.1) is 35.4 Å². The zero-order valence-electron chi connectivity index (χ0n) is 27.5. The van der Waals surface area contributed by atoms with Crippen molar-refractivity contribution in [2.75, 3.05) is 5.43 Å². The van der Waals surface area contributed by atoms with Crippen molar-refractivity contribution in [3.8, 4) is 5.75 Å². The number of amides is 4. The summed E-state index contributed by atoms with van der Waals surface area (Å²) in [5, 5.41) is 16.7. The number of nitrogens with zero attached hydrogens (tertiary/aromatic N) is 2. The van der Waals surface area contributed by atoms with Gasteiger partial charge in [-0.3, -0.25) is 29.5 Å². The molecule has 4 aliphatic rings. The molecule has 8 nitrogen and oxygen atoms in total. The predicted octanol–water partition coefficient (Wildman–Crippen LogP) is 7.58. The maximum Gasteiger partial charge on any atom is 0.260 e. The van der Waals surface area contributed by atoms with E-state index in [1.165, 1.54) is 40.5 Å². The van der Waals surface area contributed by atoms with Gasteiger partial charge in [-0.1, -0.05) is 71.8 Å². The smallest absolute Gasteiger partial charge is 0.260 e. The molecule has 0 radical (unpaired) electrons. The molecule has 5 aromatic rings. The number of fused-ring (bicyclic) bond motifs is 5. The quantitative estimate of drug-likeness (QED) is 0.138. The Hall–Kier alpha value is -5.32. The van der Waals surface area contributed by atoms with Crippen LogP contribution in [-0.2, 0) is 31.1 Å². The molecule has 52 heavy (non-hydrogen) atoms. The summed E-state index contributed by atoms with van der Waals surface area (Å²) in [4.78, 5) is 60.9. The number of phenolic OH excluding ortho intramolecular Hbond substituents is 1. The fourth-order valence-electron chi connectivity index (χ4n) is 9.34. The number of allylic oxidation sites excluding steroid dienone is 2. The van der Waals surface area contributed by atoms with Crippen LogP contribution >= 0.6 is 22.9 Å². The molecule has 2 N–H and O–H groups in total. The van der Waals surface area contributed by atoms with Crippen molar-refractivity contribution < 1.29 is 28.7 Å². The van der Waals surface area contributed by atoms with Gasteiger partial charge >= 0.3 is 0 Å². The van der Waals surface area contributed by atoms with Gasteiger partial charge in [0.25, 0.3) is 11.8 Å². The number of nitrogens with one attached hydrogen (secondary N) is 1. The van der Waals surface area contributed by atoms with Crippen molar-refractivity contribution in [1.29, 1.82) is 0 Å². The summed E-state index contributed by atoms with van der Waals surface area (Å²) in [6.45, 7) is 0.169. The first kappa shape index (κ1) is 32.6. The molecule has 2 aliphatic heterocycles. The highest BCUT2D eigenvalue weighted by molar-refractivity contribution is 7.09. The first-order chi connectivity index (χ1) is 25.2. The number of hydrazine groups is 1. The third-order valence-corrected chi connectivity index (χ3v) is 12.6. The number of aromatic hydroxyl groups is 1. The van der Waals surface area contributed by atoms with Gasteiger partial charge in [-0.15, -0.1) is 11.3 Å². The molecule has 1 aromatic heterocycles. The lowest BCUT2D eigenvalue weighted by Crippen LogP contribution is -2.53. The van der Waals surface area contributed by atoms with Gasteiger partial charge in [0.2, 0.25) is 11.8 Å². The number of anilines is 1. The summed E-state index contributed by atoms with van der Waals surface area (Å²) in [6.07, 6.45) is 2.35. The van der Waals surface area contributed by atoms with E-state index in [2.05, 4.69) is 5.43 Å². The standard InChI is InChI=1S/C41H31ClFN3O5S/c42-24-10-8-23(9-11-24)41-32(38(49)46(40(41)51)44-26-14-12-25(43)13-15-26)20-31-29(36(41)35-28-6-2-1-4-22(28)7-18-33(35)47)16-17-30-34(31)39(50)45(37(30)48)21-27-5-3-19-52-27/h1-16,18-19,30-32,34,36,44,47H,17,20-21H2/t30-,31+,32-,34-,36+,41+/m0/s1. The van der Waals surface area contributed by atoms with Crippen LogP contribution in [0.4, 0.5) is 10.1 Å². The maximum atomic E-state index is 15.4. The molecular weight excluding hydrogens is 701 g/mol. The number of imide groups is 2. The van der Waals surface area contributed by atoms with E-state index in [1.54, 1.807) is 36.4 Å². The summed E-state index contributed by atoms with van der Waals surface area (Å²) in [6, 6.07) is 26.9. The number of hydrogen-bond acceptors (Lipinski definition) is 7. The fourth-order valence-corrected chi connectivity index (χ4v) is 10.2. The van der Waals surface area contributed by atoms with Gasteiger partial charge in [0.1, 0.15) is 11.6 Å². The molecule has 260 valence electrons. The molecule has 9 rings (SSSR count). The zero-order chi connectivity index (χ0) is 35.9. The first-order valence-electron chi connectivity index (χ1n) is 17.1. The van der Waals surface area contributed by atoms with Gasteiger partial charge in [-0.2, -0.15) is 5.01 Å². The molecule has 1 saturated carbocycles. The van der Waals surface area contributed by atoms with Crippen LogP contribution < -0.4 is 5.43 Å². The van der Waals surface area contributed by atoms with Crippen LogP contribution in [0.5, 0.6) is 5.75 Å². The van der Waals surface area contributed by atoms with E-state index in [4.69, 9.17) is 11.6 Å². The van der Waals surface area contributed by atoms with Crippen LogP contribution in [0.15, 0.2) is 114 Å². The summed E-state index contributed by atoms with van der Waals surface area (Å²) in [7, 11) is 0. The molecule has 11 heteroatoms. The van der Waals surface area contributed by atoms with E-state index in [9.17, 15) is 23.9 Å². The van der Waals surface area contributed by atoms with Crippen LogP contribution in [0.3, 0.4) is 0 Å². The Morgan fingerprint density at radius 2 is 1.63 bits per heavy atom. The van der Waals surface area contributed by atoms with Gasteiger partial charge in [-0.05, 0) is 89.0 Å². The van der Waals surface area contributed by atoms with Crippen LogP contribution in [0.25, 0.3) is 10.8 Å². The minimum absolute atomic E-state index is 0.0576. The predicted molar refractivity (Wildman–Crippen MR) is 195 cm³/mol. The Morgan fingerprint density at radius 1 is 0.865 bits per heavy atom. The van der Waals surface area contributed by atoms with Gasteiger partial charge in [0, 0.05) is 21.4 Å². The minimum atomic E-state index is -1.60. The molecule has 4 amide bonds. The Morgan fingerprint density at radius 3 is 2.38 bits per heavy atom. The number of hydrogen-bond donors (Lipinski definition) is 2. The number of phenols is 1. The summed E-state index contributed by atoms with van der Waals surface area (Å²) in [5.41, 5.74) is 3.41. The van der Waals surface area contributed by atoms with E-state index in [0.717, 1.165) is 20.8 Å². The zero-order valence-corrected chi connectivity index (χ0v) is 29.1. The lowest BCUT2D eigenvalue weighted by Gasteiger charge is -2.51. The highest BCUT2D eigenvalue weighted by atomic mass is 35.5. The van der Waals surface area contributed by atoms with E-state index in [1.807, 2.05) is 47.9 Å². The van der Waals surface area contributed by atoms with Crippen molar-refractivity contribution in [2.24, 2.45) is 23.7 Å². The number of benzene rings is 4. The van der Waals surface area contributed by atoms with Crippen molar-refractivity contribution in [3.05, 3.63) is 141 Å². The molecule has 0 unspecified atom stereocenters. The molecule has 2 saturated heterocycles. The molecule has 0 bridgehead atoms. The second-order valence-electron chi connectivity index (χ2n) is 13.9. The average molecular weight is 732 g/mol. The molecule has 2 aliphatic carbocycles. The number of carbonyl (C=O) groups excluding carboxylic acids is 4. The largest absolute Gasteiger partial charge is 0.508 e. The Kier molecular flexibility index (Phi) is 7.60. The number of thiophene rings is 1. The van der Waals surface area contributed by atoms with E-state index >= 15 is 4.79 Å². The van der Waals surface area contributed by atoms with Crippen molar-refractivity contribution in [2.45, 2.75) is 30.7 Å². The van der Waals surface area contributed by atoms with Gasteiger partial charge in [0.15, 0.2) is 0 Å². The maximum absolute atomic E-state index is 15.4. The van der Waals surface area contributed by atoms with Gasteiger partial charge in [-0.25, -0.2) is 4.39 Å². The van der Waals surface area contributed by atoms with E-state index in [0.29, 0.717) is 27.2 Å². The van der Waals surface area contributed by atoms with Crippen LogP contribution in [-0.4, -0.2) is 38.6 Å². The first-order valence-corrected chi connectivity index (χ1v) is 18.4. The topological polar surface area (TPSA) is 107 Å². The number of carbonyl (C=O) groups is 4. The Bertz CT molecular complexity index is 2330. The van der Waals surface area contributed by atoms with E-state index in [-0.39, 0.29) is 37.0 Å². The highest BCUT2D eigenvalue weighted by Gasteiger charge is 2.70. The number of halogens is 2. The lowest BCUT2D eigenvalue weighted by molar-refractivity contribution is -0.141. The second kappa shape index (κ2) is 12.1. The third kappa shape index (κ3) is 4.70. The van der Waals surface area contributed by atoms with Crippen molar-refractivity contribution in [3.63, 3.8) is 0 Å². The summed E-state index contributed by atoms with van der Waals surface area (Å²) < 4.78 is 13.9. The SMILES string of the molecule is O=C1[C@H]2[C@H](CC=C3[C@H]2C[C@H]2C(=O)N(Nc4ccc(F)cc4)C(=O)[C@@]2(c2ccc(Cl)cc2)[C@H]3c2c(O)ccc3ccccc23)C(=O)N1Cc1cccs1. The average Bonchev–Trinajstić information content (AvgIpc) is 3.81. The van der Waals surface area contributed by atoms with Gasteiger partial charge < -0.3 is 5.11 Å². The summed E-state index contributed by atoms with van der Waals surface area (Å²) >= 11 is 7.87. The van der Waals surface area contributed by atoms with Crippen LogP contribution in [0, 0.1) is 29.5 Å². The van der Waals surface area contributed by atoms with Crippen molar-refractivity contribution in [1.82, 2.24) is 9.91 Å². The van der Waals surface area contributed by atoms with E-state index < -0.39 is 52.6 Å². The summed E-state index contributed by atoms with van der Waals surface area (Å²) in [5.74, 6) is -6.05. The van der Waals surface area contributed by atoms with Crippen LogP contribution in [0.2, 0.25) is 5.02 Å². The molecule has 3 heterocycles. The Labute approximate surface area is 307 Å². The lowest BCUT2D eigenvalue weighted by atomic mass is 9.48. The molecular formula is C41H31ClFN3O5S. The van der Waals surface area contributed by atoms with Crippen LogP contribution in [0.1, 0.15) is 34.8 Å². The number of likely N-dealkylation sites (tertiary alicyclic amines) is 1. The molecule has 4 aromatic carbocycles. The number of rotatable bonds is 6. The third-order valence-electron chi connectivity index (χ3n) is 11.5. The fraction of sp³-hybridized carbons (Fsp3) is 0.220.